The van der Waals surface area contributed by atoms with Crippen LogP contribution in [0.5, 0.6) is 0 Å². The first kappa shape index (κ1) is 13.5. The molecule has 1 aliphatic rings. The maximum atomic E-state index is 13.4. The minimum Gasteiger partial charge on any atom is -0.465 e. The third-order valence-corrected chi connectivity index (χ3v) is 3.02. The summed E-state index contributed by atoms with van der Waals surface area (Å²) in [5.41, 5.74) is 0.181. The molecule has 19 heavy (non-hydrogen) atoms. The van der Waals surface area contributed by atoms with Gasteiger partial charge in [0.25, 0.3) is 0 Å². The number of methoxy groups -OCH3 is 1. The molecule has 0 unspecified atom stereocenters. The van der Waals surface area contributed by atoms with Gasteiger partial charge in [0.15, 0.2) is 0 Å². The molecule has 0 aromatic heterocycles. The zero-order valence-corrected chi connectivity index (χ0v) is 10.5. The average molecular weight is 266 g/mol. The summed E-state index contributed by atoms with van der Waals surface area (Å²) in [6.07, 6.45) is 1.73. The van der Waals surface area contributed by atoms with Gasteiger partial charge in [0, 0.05) is 5.69 Å². The third-order valence-electron chi connectivity index (χ3n) is 3.02. The number of carbonyl (C=O) groups excluding carboxylic acids is 2. The van der Waals surface area contributed by atoms with E-state index in [1.54, 1.807) is 0 Å². The van der Waals surface area contributed by atoms with Crippen molar-refractivity contribution in [3.05, 3.63) is 29.6 Å². The summed E-state index contributed by atoms with van der Waals surface area (Å²) < 4.78 is 17.9. The number of amides is 1. The van der Waals surface area contributed by atoms with E-state index in [4.69, 9.17) is 0 Å². The van der Waals surface area contributed by atoms with Crippen molar-refractivity contribution in [1.29, 1.82) is 0 Å². The van der Waals surface area contributed by atoms with Crippen LogP contribution in [0.15, 0.2) is 18.2 Å². The number of esters is 1. The highest BCUT2D eigenvalue weighted by Gasteiger charge is 2.22. The third kappa shape index (κ3) is 3.08. The Balaban J connectivity index is 2.12. The summed E-state index contributed by atoms with van der Waals surface area (Å²) in [7, 11) is 1.18. The van der Waals surface area contributed by atoms with Gasteiger partial charge in [0.1, 0.15) is 5.82 Å². The largest absolute Gasteiger partial charge is 0.465 e. The second-order valence-electron chi connectivity index (χ2n) is 4.32. The van der Waals surface area contributed by atoms with E-state index < -0.39 is 11.8 Å². The zero-order valence-electron chi connectivity index (χ0n) is 10.5. The van der Waals surface area contributed by atoms with E-state index in [0.717, 1.165) is 25.5 Å². The van der Waals surface area contributed by atoms with Gasteiger partial charge in [-0.05, 0) is 37.6 Å². The van der Waals surface area contributed by atoms with Gasteiger partial charge in [-0.2, -0.15) is 0 Å². The summed E-state index contributed by atoms with van der Waals surface area (Å²) in [6.45, 7) is 0.814. The van der Waals surface area contributed by atoms with Gasteiger partial charge >= 0.3 is 5.97 Å². The molecule has 1 aromatic rings. The van der Waals surface area contributed by atoms with Crippen molar-refractivity contribution >= 4 is 17.6 Å². The van der Waals surface area contributed by atoms with Crippen LogP contribution in [0.2, 0.25) is 0 Å². The zero-order chi connectivity index (χ0) is 13.8. The van der Waals surface area contributed by atoms with E-state index in [-0.39, 0.29) is 17.5 Å². The first-order valence-electron chi connectivity index (χ1n) is 6.04. The normalized spacial score (nSPS) is 18.1. The Hall–Kier alpha value is -1.95. The van der Waals surface area contributed by atoms with Crippen molar-refractivity contribution in [1.82, 2.24) is 5.32 Å². The van der Waals surface area contributed by atoms with Gasteiger partial charge in [-0.1, -0.05) is 0 Å². The van der Waals surface area contributed by atoms with Crippen molar-refractivity contribution in [2.45, 2.75) is 18.9 Å². The molecule has 5 nitrogen and oxygen atoms in total. The first-order chi connectivity index (χ1) is 9.11. The Labute approximate surface area is 110 Å². The highest BCUT2D eigenvalue weighted by molar-refractivity contribution is 5.97. The Bertz CT molecular complexity index is 499. The first-order valence-corrected chi connectivity index (χ1v) is 6.04. The molecule has 1 aliphatic heterocycles. The van der Waals surface area contributed by atoms with Crippen LogP contribution in [0, 0.1) is 5.82 Å². The Morgan fingerprint density at radius 3 is 2.89 bits per heavy atom. The summed E-state index contributed by atoms with van der Waals surface area (Å²) in [4.78, 5) is 23.2. The molecule has 0 saturated carbocycles. The second kappa shape index (κ2) is 5.79. The van der Waals surface area contributed by atoms with Gasteiger partial charge in [0.2, 0.25) is 5.91 Å². The van der Waals surface area contributed by atoms with E-state index in [2.05, 4.69) is 15.4 Å². The summed E-state index contributed by atoms with van der Waals surface area (Å²) in [5, 5.41) is 5.71. The maximum absolute atomic E-state index is 13.4. The van der Waals surface area contributed by atoms with Crippen LogP contribution in [0.25, 0.3) is 0 Å². The Morgan fingerprint density at radius 2 is 2.26 bits per heavy atom. The fourth-order valence-corrected chi connectivity index (χ4v) is 2.01. The van der Waals surface area contributed by atoms with E-state index >= 15 is 0 Å². The number of rotatable bonds is 3. The summed E-state index contributed by atoms with van der Waals surface area (Å²) in [5.74, 6) is -1.63. The van der Waals surface area contributed by atoms with Gasteiger partial charge in [0.05, 0.1) is 18.7 Å². The molecule has 6 heteroatoms. The van der Waals surface area contributed by atoms with Crippen molar-refractivity contribution in [3.8, 4) is 0 Å². The molecule has 1 heterocycles. The molecule has 0 aliphatic carbocycles. The molecular weight excluding hydrogens is 251 g/mol. The van der Waals surface area contributed by atoms with Gasteiger partial charge < -0.3 is 15.4 Å². The van der Waals surface area contributed by atoms with Gasteiger partial charge in [-0.15, -0.1) is 0 Å². The van der Waals surface area contributed by atoms with Crippen LogP contribution in [0.4, 0.5) is 10.1 Å². The van der Waals surface area contributed by atoms with E-state index in [1.807, 2.05) is 0 Å². The number of halogens is 1. The molecule has 2 rings (SSSR count). The van der Waals surface area contributed by atoms with Crippen LogP contribution in [0.3, 0.4) is 0 Å². The number of carbonyl (C=O) groups is 2. The highest BCUT2D eigenvalue weighted by atomic mass is 19.1. The number of nitrogens with one attached hydrogen (secondary N) is 2. The average Bonchev–Trinajstić information content (AvgIpc) is 2.94. The lowest BCUT2D eigenvalue weighted by molar-refractivity contribution is -0.117. The van der Waals surface area contributed by atoms with Gasteiger partial charge in [-0.3, -0.25) is 4.79 Å². The molecule has 102 valence electrons. The van der Waals surface area contributed by atoms with Crippen LogP contribution < -0.4 is 10.6 Å². The van der Waals surface area contributed by atoms with E-state index in [9.17, 15) is 14.0 Å². The Kier molecular flexibility index (Phi) is 4.11. The quantitative estimate of drug-likeness (QED) is 0.809. The van der Waals surface area contributed by atoms with Crippen LogP contribution in [-0.2, 0) is 9.53 Å². The standard InChI is InChI=1S/C13H15FN2O3/c1-19-13(18)9-7-8(4-5-10(9)14)16-12(17)11-3-2-6-15-11/h4-5,7,11,15H,2-3,6H2,1H3,(H,16,17)/t11-/m0/s1. The summed E-state index contributed by atoms with van der Waals surface area (Å²) >= 11 is 0. The molecule has 0 radical (unpaired) electrons. The SMILES string of the molecule is COC(=O)c1cc(NC(=O)[C@@H]2CCCN2)ccc1F. The van der Waals surface area contributed by atoms with Crippen molar-refractivity contribution in [2.24, 2.45) is 0 Å². The molecule has 2 N–H and O–H groups in total. The minimum absolute atomic E-state index is 0.181. The molecule has 0 bridgehead atoms. The molecule has 1 fully saturated rings. The lowest BCUT2D eigenvalue weighted by Crippen LogP contribution is -2.35. The molecule has 0 spiro atoms. The number of ether oxygens (including phenoxy) is 1. The number of benzene rings is 1. The van der Waals surface area contributed by atoms with Crippen LogP contribution >= 0.6 is 0 Å². The molecular formula is C13H15FN2O3. The van der Waals surface area contributed by atoms with Crippen molar-refractivity contribution < 1.29 is 18.7 Å². The van der Waals surface area contributed by atoms with Crippen LogP contribution in [-0.4, -0.2) is 31.6 Å². The highest BCUT2D eigenvalue weighted by Crippen LogP contribution is 2.17. The Morgan fingerprint density at radius 1 is 1.47 bits per heavy atom. The predicted octanol–water partition coefficient (Wildman–Crippen LogP) is 1.30. The fraction of sp³-hybridized carbons (Fsp3) is 0.385. The molecule has 1 atom stereocenters. The summed E-state index contributed by atoms with van der Waals surface area (Å²) in [6, 6.07) is 3.58. The molecule has 1 saturated heterocycles. The smallest absolute Gasteiger partial charge is 0.340 e. The maximum Gasteiger partial charge on any atom is 0.340 e. The predicted molar refractivity (Wildman–Crippen MR) is 67.4 cm³/mol. The lowest BCUT2D eigenvalue weighted by atomic mass is 10.1. The van der Waals surface area contributed by atoms with Crippen molar-refractivity contribution in [2.75, 3.05) is 19.0 Å². The monoisotopic (exact) mass is 266 g/mol. The fourth-order valence-electron chi connectivity index (χ4n) is 2.01. The van der Waals surface area contributed by atoms with E-state index in [1.165, 1.54) is 19.2 Å². The topological polar surface area (TPSA) is 67.4 Å². The number of hydrogen-bond acceptors (Lipinski definition) is 4. The number of anilines is 1. The lowest BCUT2D eigenvalue weighted by Gasteiger charge is -2.12. The minimum atomic E-state index is -0.771. The molecule has 1 amide bonds. The van der Waals surface area contributed by atoms with E-state index in [0.29, 0.717) is 5.69 Å². The number of hydrogen-bond donors (Lipinski definition) is 2. The van der Waals surface area contributed by atoms with Crippen LogP contribution in [0.1, 0.15) is 23.2 Å². The second-order valence-corrected chi connectivity index (χ2v) is 4.32. The van der Waals surface area contributed by atoms with Crippen molar-refractivity contribution in [3.63, 3.8) is 0 Å². The molecule has 1 aromatic carbocycles. The van der Waals surface area contributed by atoms with Gasteiger partial charge in [-0.25, -0.2) is 9.18 Å².